The Morgan fingerprint density at radius 3 is 2.45 bits per heavy atom. The molecule has 0 aliphatic carbocycles. The highest BCUT2D eigenvalue weighted by Crippen LogP contribution is 2.16. The second kappa shape index (κ2) is 6.18. The van der Waals surface area contributed by atoms with Crippen molar-refractivity contribution in [2.45, 2.75) is 45.6 Å². The van der Waals surface area contributed by atoms with Crippen LogP contribution in [0.5, 0.6) is 0 Å². The highest BCUT2D eigenvalue weighted by molar-refractivity contribution is 4.87. The molecule has 0 amide bonds. The second-order valence-electron chi connectivity index (χ2n) is 2.88. The predicted molar refractivity (Wildman–Crippen MR) is 44.9 cm³/mol. The number of hydrogen-bond acceptors (Lipinski definition) is 2. The predicted octanol–water partition coefficient (Wildman–Crippen LogP) is 2.09. The lowest BCUT2D eigenvalue weighted by atomic mass is 9.94. The van der Waals surface area contributed by atoms with E-state index in [9.17, 15) is 5.11 Å². The Balaban J connectivity index is 3.67. The van der Waals surface area contributed by atoms with Crippen LogP contribution in [0.4, 0.5) is 0 Å². The Morgan fingerprint density at radius 1 is 1.45 bits per heavy atom. The lowest BCUT2D eigenvalue weighted by molar-refractivity contribution is 0.148. The maximum atomic E-state index is 9.18. The van der Waals surface area contributed by atoms with Gasteiger partial charge in [0.25, 0.3) is 0 Å². The quantitative estimate of drug-likeness (QED) is 0.618. The number of nitrogens with zero attached hydrogens (tertiary/aromatic N) is 1. The van der Waals surface area contributed by atoms with Gasteiger partial charge in [0.15, 0.2) is 0 Å². The Bertz CT molecular complexity index is 128. The van der Waals surface area contributed by atoms with Gasteiger partial charge in [-0.15, -0.1) is 0 Å². The van der Waals surface area contributed by atoms with E-state index < -0.39 is 6.10 Å². The first-order chi connectivity index (χ1) is 5.26. The summed E-state index contributed by atoms with van der Waals surface area (Å²) in [6.07, 6.45) is 3.36. The molecule has 0 bridgehead atoms. The minimum absolute atomic E-state index is 0.181. The summed E-state index contributed by atoms with van der Waals surface area (Å²) in [5.74, 6) is 0.181. The highest BCUT2D eigenvalue weighted by atomic mass is 16.3. The summed E-state index contributed by atoms with van der Waals surface area (Å²) in [5, 5.41) is 17.6. The number of nitriles is 1. The standard InChI is InChI=1S/C9H17NO/c1-3-5-6-8(4-2)9(11)7-10/h8-9,11H,3-6H2,1-2H3/t8-,9+/m1/s1. The molecule has 0 unspecified atom stereocenters. The van der Waals surface area contributed by atoms with Gasteiger partial charge in [-0.2, -0.15) is 5.26 Å². The summed E-state index contributed by atoms with van der Waals surface area (Å²) in [5.41, 5.74) is 0. The Kier molecular flexibility index (Phi) is 5.87. The van der Waals surface area contributed by atoms with E-state index in [4.69, 9.17) is 5.26 Å². The number of aliphatic hydroxyl groups excluding tert-OH is 1. The Morgan fingerprint density at radius 2 is 2.09 bits per heavy atom. The van der Waals surface area contributed by atoms with Gasteiger partial charge in [-0.1, -0.05) is 26.7 Å². The van der Waals surface area contributed by atoms with E-state index in [1.165, 1.54) is 0 Å². The van der Waals surface area contributed by atoms with Gasteiger partial charge in [0.2, 0.25) is 0 Å². The molecule has 0 fully saturated rings. The largest absolute Gasteiger partial charge is 0.378 e. The van der Waals surface area contributed by atoms with E-state index in [0.717, 1.165) is 25.7 Å². The molecule has 0 rings (SSSR count). The third kappa shape index (κ3) is 4.00. The monoisotopic (exact) mass is 155 g/mol. The Labute approximate surface area is 68.8 Å². The van der Waals surface area contributed by atoms with E-state index in [1.54, 1.807) is 0 Å². The highest BCUT2D eigenvalue weighted by Gasteiger charge is 2.15. The lowest BCUT2D eigenvalue weighted by Crippen LogP contribution is -2.17. The summed E-state index contributed by atoms with van der Waals surface area (Å²) >= 11 is 0. The molecular weight excluding hydrogens is 138 g/mol. The summed E-state index contributed by atoms with van der Waals surface area (Å²) in [4.78, 5) is 0. The number of unbranched alkanes of at least 4 members (excludes halogenated alkanes) is 1. The fourth-order valence-corrected chi connectivity index (χ4v) is 1.16. The lowest BCUT2D eigenvalue weighted by Gasteiger charge is -2.14. The molecule has 2 nitrogen and oxygen atoms in total. The molecule has 0 aromatic rings. The zero-order valence-electron chi connectivity index (χ0n) is 7.38. The maximum absolute atomic E-state index is 9.18. The molecule has 0 saturated heterocycles. The molecule has 1 N–H and O–H groups in total. The van der Waals surface area contributed by atoms with Crippen molar-refractivity contribution in [1.29, 1.82) is 5.26 Å². The van der Waals surface area contributed by atoms with E-state index in [-0.39, 0.29) is 5.92 Å². The van der Waals surface area contributed by atoms with Crippen LogP contribution >= 0.6 is 0 Å². The smallest absolute Gasteiger partial charge is 0.143 e. The molecule has 11 heavy (non-hydrogen) atoms. The number of rotatable bonds is 5. The molecule has 0 spiro atoms. The van der Waals surface area contributed by atoms with E-state index in [2.05, 4.69) is 6.92 Å². The van der Waals surface area contributed by atoms with Crippen molar-refractivity contribution in [2.75, 3.05) is 0 Å². The summed E-state index contributed by atoms with van der Waals surface area (Å²) in [7, 11) is 0. The molecule has 0 heterocycles. The molecule has 2 heteroatoms. The van der Waals surface area contributed by atoms with E-state index in [0.29, 0.717) is 0 Å². The van der Waals surface area contributed by atoms with Gasteiger partial charge in [-0.25, -0.2) is 0 Å². The van der Waals surface area contributed by atoms with Crippen LogP contribution in [0.2, 0.25) is 0 Å². The van der Waals surface area contributed by atoms with Gasteiger partial charge in [0.05, 0.1) is 6.07 Å². The maximum Gasteiger partial charge on any atom is 0.143 e. The molecule has 2 atom stereocenters. The van der Waals surface area contributed by atoms with Gasteiger partial charge in [0, 0.05) is 0 Å². The molecule has 64 valence electrons. The van der Waals surface area contributed by atoms with Crippen LogP contribution in [0.25, 0.3) is 0 Å². The van der Waals surface area contributed by atoms with Gasteiger partial charge < -0.3 is 5.11 Å². The minimum atomic E-state index is -0.758. The first kappa shape index (κ1) is 10.4. The van der Waals surface area contributed by atoms with Crippen LogP contribution in [0.3, 0.4) is 0 Å². The average molecular weight is 155 g/mol. The zero-order valence-corrected chi connectivity index (χ0v) is 7.38. The van der Waals surface area contributed by atoms with Crippen molar-refractivity contribution in [3.05, 3.63) is 0 Å². The van der Waals surface area contributed by atoms with Gasteiger partial charge in [0.1, 0.15) is 6.10 Å². The van der Waals surface area contributed by atoms with Gasteiger partial charge in [-0.3, -0.25) is 0 Å². The fraction of sp³-hybridized carbons (Fsp3) is 0.889. The van der Waals surface area contributed by atoms with Gasteiger partial charge >= 0.3 is 0 Å². The Hall–Kier alpha value is -0.550. The molecular formula is C9H17NO. The first-order valence-electron chi connectivity index (χ1n) is 4.33. The summed E-state index contributed by atoms with van der Waals surface area (Å²) in [6.45, 7) is 4.13. The number of aliphatic hydroxyl groups is 1. The van der Waals surface area contributed by atoms with E-state index >= 15 is 0 Å². The van der Waals surface area contributed by atoms with E-state index in [1.807, 2.05) is 13.0 Å². The van der Waals surface area contributed by atoms with Crippen LogP contribution in [-0.4, -0.2) is 11.2 Å². The van der Waals surface area contributed by atoms with Crippen LogP contribution < -0.4 is 0 Å². The van der Waals surface area contributed by atoms with Crippen molar-refractivity contribution in [3.63, 3.8) is 0 Å². The third-order valence-electron chi connectivity index (χ3n) is 2.03. The molecule has 0 aliphatic rings. The molecule has 0 aromatic heterocycles. The van der Waals surface area contributed by atoms with Crippen molar-refractivity contribution in [1.82, 2.24) is 0 Å². The van der Waals surface area contributed by atoms with Crippen molar-refractivity contribution < 1.29 is 5.11 Å². The second-order valence-corrected chi connectivity index (χ2v) is 2.88. The van der Waals surface area contributed by atoms with Crippen LogP contribution in [-0.2, 0) is 0 Å². The van der Waals surface area contributed by atoms with Crippen molar-refractivity contribution in [2.24, 2.45) is 5.92 Å². The van der Waals surface area contributed by atoms with Crippen molar-refractivity contribution >= 4 is 0 Å². The van der Waals surface area contributed by atoms with Crippen LogP contribution in [0, 0.1) is 17.2 Å². The molecule has 0 saturated carbocycles. The minimum Gasteiger partial charge on any atom is -0.378 e. The summed E-state index contributed by atoms with van der Waals surface area (Å²) in [6, 6.07) is 1.88. The SMILES string of the molecule is CCCC[C@@H](CC)[C@@H](O)C#N. The van der Waals surface area contributed by atoms with Crippen LogP contribution in [0.1, 0.15) is 39.5 Å². The molecule has 0 aromatic carbocycles. The molecule has 0 aliphatic heterocycles. The fourth-order valence-electron chi connectivity index (χ4n) is 1.16. The molecule has 0 radical (unpaired) electrons. The third-order valence-corrected chi connectivity index (χ3v) is 2.03. The summed E-state index contributed by atoms with van der Waals surface area (Å²) < 4.78 is 0. The average Bonchev–Trinajstić information content (AvgIpc) is 2.05. The van der Waals surface area contributed by atoms with Crippen LogP contribution in [0.15, 0.2) is 0 Å². The topological polar surface area (TPSA) is 44.0 Å². The number of hydrogen-bond donors (Lipinski definition) is 1. The normalized spacial score (nSPS) is 15.5. The van der Waals surface area contributed by atoms with Crippen molar-refractivity contribution in [3.8, 4) is 6.07 Å². The van der Waals surface area contributed by atoms with Gasteiger partial charge in [-0.05, 0) is 18.8 Å². The zero-order chi connectivity index (χ0) is 8.69. The first-order valence-corrected chi connectivity index (χ1v) is 4.33.